The number of rotatable bonds is 11. The van der Waals surface area contributed by atoms with Gasteiger partial charge in [-0.3, -0.25) is 14.9 Å². The molecule has 1 aromatic heterocycles. The second-order valence-electron chi connectivity index (χ2n) is 6.77. The quantitative estimate of drug-likeness (QED) is 0.550. The van der Waals surface area contributed by atoms with Gasteiger partial charge >= 0.3 is 5.97 Å². The molecule has 8 heteroatoms. The number of nitrogens with one attached hydrogen (secondary N) is 1. The molecular weight excluding hydrogens is 348 g/mol. The first-order chi connectivity index (χ1) is 12.9. The van der Waals surface area contributed by atoms with E-state index in [1.54, 1.807) is 4.57 Å². The number of carboxylic acid groups (broad SMARTS) is 1. The molecule has 146 valence electrons. The summed E-state index contributed by atoms with van der Waals surface area (Å²) in [6.07, 6.45) is 3.39. The Morgan fingerprint density at radius 1 is 1.30 bits per heavy atom. The van der Waals surface area contributed by atoms with Crippen molar-refractivity contribution in [3.8, 4) is 0 Å². The Morgan fingerprint density at radius 2 is 2.00 bits per heavy atom. The molecule has 0 spiro atoms. The fourth-order valence-electron chi connectivity index (χ4n) is 2.74. The number of hydrogen-bond acceptors (Lipinski definition) is 5. The maximum Gasteiger partial charge on any atom is 0.320 e. The smallest absolute Gasteiger partial charge is 0.320 e. The topological polar surface area (TPSA) is 119 Å². The van der Waals surface area contributed by atoms with Gasteiger partial charge in [0.1, 0.15) is 18.8 Å². The molecule has 1 aromatic carbocycles. The van der Waals surface area contributed by atoms with Gasteiger partial charge in [-0.15, -0.1) is 0 Å². The van der Waals surface area contributed by atoms with Crippen LogP contribution in [0.15, 0.2) is 42.9 Å². The van der Waals surface area contributed by atoms with Crippen molar-refractivity contribution in [2.24, 2.45) is 11.7 Å². The highest BCUT2D eigenvalue weighted by molar-refractivity contribution is 5.82. The summed E-state index contributed by atoms with van der Waals surface area (Å²) in [5, 5.41) is 12.3. The third-order valence-corrected chi connectivity index (χ3v) is 4.04. The van der Waals surface area contributed by atoms with E-state index in [0.29, 0.717) is 18.7 Å². The lowest BCUT2D eigenvalue weighted by Crippen LogP contribution is -2.45. The average molecular weight is 374 g/mol. The van der Waals surface area contributed by atoms with Gasteiger partial charge < -0.3 is 20.1 Å². The zero-order chi connectivity index (χ0) is 19.8. The maximum atomic E-state index is 12.0. The predicted octanol–water partition coefficient (Wildman–Crippen LogP) is 1.67. The Balaban J connectivity index is 2.08. The number of primary amides is 1. The molecule has 2 rings (SSSR count). The molecule has 8 nitrogen and oxygen atoms in total. The summed E-state index contributed by atoms with van der Waals surface area (Å²) in [7, 11) is 0. The van der Waals surface area contributed by atoms with Crippen LogP contribution in [0.4, 0.5) is 0 Å². The molecule has 0 saturated heterocycles. The molecule has 27 heavy (non-hydrogen) atoms. The van der Waals surface area contributed by atoms with Crippen molar-refractivity contribution in [1.82, 2.24) is 14.9 Å². The largest absolute Gasteiger partial charge is 0.480 e. The van der Waals surface area contributed by atoms with Crippen LogP contribution in [0.5, 0.6) is 0 Å². The Bertz CT molecular complexity index is 745. The van der Waals surface area contributed by atoms with Crippen molar-refractivity contribution in [2.45, 2.75) is 45.7 Å². The van der Waals surface area contributed by atoms with Crippen LogP contribution in [0.3, 0.4) is 0 Å². The first-order valence-electron chi connectivity index (χ1n) is 8.78. The number of carbonyl (C=O) groups is 2. The average Bonchev–Trinajstić information content (AvgIpc) is 3.06. The molecule has 0 aliphatic heterocycles. The lowest BCUT2D eigenvalue weighted by Gasteiger charge is -2.23. The van der Waals surface area contributed by atoms with Crippen LogP contribution in [0.1, 0.15) is 37.6 Å². The number of aliphatic carboxylic acids is 1. The van der Waals surface area contributed by atoms with E-state index in [9.17, 15) is 14.7 Å². The van der Waals surface area contributed by atoms with Crippen LogP contribution in [0.2, 0.25) is 0 Å². The number of aromatic nitrogens is 2. The van der Waals surface area contributed by atoms with Crippen molar-refractivity contribution in [3.05, 3.63) is 54.1 Å². The molecule has 0 aliphatic rings. The van der Waals surface area contributed by atoms with Gasteiger partial charge in [-0.1, -0.05) is 44.2 Å². The molecule has 0 aliphatic carbocycles. The molecule has 2 aromatic rings. The SMILES string of the molecule is CC(C)CC(NC(C(N)=O)c1cncn1COCc1ccccc1)C(=O)O. The molecule has 0 fully saturated rings. The van der Waals surface area contributed by atoms with Crippen LogP contribution in [-0.2, 0) is 27.7 Å². The van der Waals surface area contributed by atoms with Gasteiger partial charge in [0.25, 0.3) is 0 Å². The van der Waals surface area contributed by atoms with Gasteiger partial charge in [0.2, 0.25) is 5.91 Å². The number of nitrogens with two attached hydrogens (primary N) is 1. The number of benzene rings is 1. The number of amides is 1. The van der Waals surface area contributed by atoms with Crippen LogP contribution < -0.4 is 11.1 Å². The van der Waals surface area contributed by atoms with Crippen LogP contribution in [0.25, 0.3) is 0 Å². The second-order valence-corrected chi connectivity index (χ2v) is 6.77. The molecular formula is C19H26N4O4. The maximum absolute atomic E-state index is 12.0. The Hall–Kier alpha value is -2.71. The Labute approximate surface area is 158 Å². The fourth-order valence-corrected chi connectivity index (χ4v) is 2.74. The van der Waals surface area contributed by atoms with Crippen molar-refractivity contribution in [1.29, 1.82) is 0 Å². The Kier molecular flexibility index (Phi) is 7.51. The van der Waals surface area contributed by atoms with E-state index in [1.165, 1.54) is 12.5 Å². The third kappa shape index (κ3) is 6.19. The summed E-state index contributed by atoms with van der Waals surface area (Å²) < 4.78 is 7.32. The summed E-state index contributed by atoms with van der Waals surface area (Å²) in [4.78, 5) is 27.5. The van der Waals surface area contributed by atoms with Gasteiger partial charge in [0.05, 0.1) is 24.8 Å². The minimum Gasteiger partial charge on any atom is -0.480 e. The minimum absolute atomic E-state index is 0.145. The highest BCUT2D eigenvalue weighted by Crippen LogP contribution is 2.16. The molecule has 1 heterocycles. The number of carbonyl (C=O) groups excluding carboxylic acids is 1. The van der Waals surface area contributed by atoms with Gasteiger partial charge in [-0.05, 0) is 17.9 Å². The van der Waals surface area contributed by atoms with E-state index in [0.717, 1.165) is 5.56 Å². The van der Waals surface area contributed by atoms with E-state index < -0.39 is 24.0 Å². The van der Waals surface area contributed by atoms with Crippen molar-refractivity contribution in [2.75, 3.05) is 0 Å². The summed E-state index contributed by atoms with van der Waals surface area (Å²) in [6.45, 7) is 4.40. The summed E-state index contributed by atoms with van der Waals surface area (Å²) in [5.41, 5.74) is 7.00. The number of nitrogens with zero attached hydrogens (tertiary/aromatic N) is 2. The molecule has 0 saturated carbocycles. The van der Waals surface area contributed by atoms with Gasteiger partial charge in [0.15, 0.2) is 0 Å². The predicted molar refractivity (Wildman–Crippen MR) is 99.4 cm³/mol. The van der Waals surface area contributed by atoms with E-state index in [-0.39, 0.29) is 12.6 Å². The summed E-state index contributed by atoms with van der Waals surface area (Å²) in [5.74, 6) is -1.55. The van der Waals surface area contributed by atoms with Crippen LogP contribution in [0, 0.1) is 5.92 Å². The lowest BCUT2D eigenvalue weighted by atomic mass is 10.0. The van der Waals surface area contributed by atoms with E-state index in [1.807, 2.05) is 44.2 Å². The van der Waals surface area contributed by atoms with Gasteiger partial charge in [-0.25, -0.2) is 4.98 Å². The third-order valence-electron chi connectivity index (χ3n) is 4.04. The van der Waals surface area contributed by atoms with Gasteiger partial charge in [-0.2, -0.15) is 0 Å². The highest BCUT2D eigenvalue weighted by atomic mass is 16.5. The first-order valence-corrected chi connectivity index (χ1v) is 8.78. The number of ether oxygens (including phenoxy) is 1. The highest BCUT2D eigenvalue weighted by Gasteiger charge is 2.28. The molecule has 2 atom stereocenters. The standard InChI is InChI=1S/C19H26N4O4/c1-13(2)8-15(19(25)26)22-17(18(20)24)16-9-21-11-23(16)12-27-10-14-6-4-3-5-7-14/h3-7,9,11,13,15,17,22H,8,10,12H2,1-2H3,(H2,20,24)(H,25,26). The monoisotopic (exact) mass is 374 g/mol. The van der Waals surface area contributed by atoms with E-state index >= 15 is 0 Å². The zero-order valence-electron chi connectivity index (χ0n) is 15.5. The molecule has 0 radical (unpaired) electrons. The number of hydrogen-bond donors (Lipinski definition) is 3. The number of imidazole rings is 1. The summed E-state index contributed by atoms with van der Waals surface area (Å²) in [6, 6.07) is 7.81. The fraction of sp³-hybridized carbons (Fsp3) is 0.421. The van der Waals surface area contributed by atoms with Crippen molar-refractivity contribution >= 4 is 11.9 Å². The van der Waals surface area contributed by atoms with Crippen molar-refractivity contribution < 1.29 is 19.4 Å². The van der Waals surface area contributed by atoms with Crippen molar-refractivity contribution in [3.63, 3.8) is 0 Å². The molecule has 0 bridgehead atoms. The van der Waals surface area contributed by atoms with Gasteiger partial charge in [0, 0.05) is 0 Å². The Morgan fingerprint density at radius 3 is 2.59 bits per heavy atom. The minimum atomic E-state index is -1.03. The number of carboxylic acids is 1. The van der Waals surface area contributed by atoms with E-state index in [2.05, 4.69) is 10.3 Å². The van der Waals surface area contributed by atoms with Crippen LogP contribution >= 0.6 is 0 Å². The second kappa shape index (κ2) is 9.84. The molecule has 2 unspecified atom stereocenters. The molecule has 4 N–H and O–H groups in total. The van der Waals surface area contributed by atoms with Crippen LogP contribution in [-0.4, -0.2) is 32.6 Å². The first kappa shape index (κ1) is 20.6. The summed E-state index contributed by atoms with van der Waals surface area (Å²) >= 11 is 0. The van der Waals surface area contributed by atoms with E-state index in [4.69, 9.17) is 10.5 Å². The molecule has 1 amide bonds. The lowest BCUT2D eigenvalue weighted by molar-refractivity contribution is -0.140. The zero-order valence-corrected chi connectivity index (χ0v) is 15.5. The normalized spacial score (nSPS) is 13.4.